The normalized spacial score (nSPS) is 15.5. The number of carbonyl (C=O) groups excluding carboxylic acids is 2. The molecule has 0 radical (unpaired) electrons. The Morgan fingerprint density at radius 2 is 1.20 bits per heavy atom. The number of hydrogen-bond donors (Lipinski definition) is 0. The van der Waals surface area contributed by atoms with E-state index in [1.165, 1.54) is 22.3 Å². The van der Waals surface area contributed by atoms with E-state index in [1.54, 1.807) is 6.08 Å². The van der Waals surface area contributed by atoms with Crippen LogP contribution in [0.2, 0.25) is 0 Å². The van der Waals surface area contributed by atoms with Gasteiger partial charge in [0.2, 0.25) is 0 Å². The molecule has 0 unspecified atom stereocenters. The van der Waals surface area contributed by atoms with Crippen molar-refractivity contribution >= 4 is 61.8 Å². The largest absolute Gasteiger partial charge is 0.310 e. The van der Waals surface area contributed by atoms with Crippen LogP contribution in [0.5, 0.6) is 0 Å². The van der Waals surface area contributed by atoms with Crippen LogP contribution in [-0.4, -0.2) is 11.6 Å². The topological polar surface area (TPSA) is 37.4 Å². The summed E-state index contributed by atoms with van der Waals surface area (Å²) in [4.78, 5) is 29.4. The predicted molar refractivity (Wildman–Crippen MR) is 223 cm³/mol. The van der Waals surface area contributed by atoms with Gasteiger partial charge >= 0.3 is 0 Å². The van der Waals surface area contributed by atoms with Crippen LogP contribution in [0.4, 0.5) is 17.1 Å². The van der Waals surface area contributed by atoms with Crippen molar-refractivity contribution in [2.75, 3.05) is 4.90 Å². The van der Waals surface area contributed by atoms with Gasteiger partial charge in [-0.2, -0.15) is 0 Å². The highest BCUT2D eigenvalue weighted by Crippen LogP contribution is 2.52. The average molecular weight is 696 g/mol. The summed E-state index contributed by atoms with van der Waals surface area (Å²) in [5, 5.41) is 4.01. The van der Waals surface area contributed by atoms with Crippen LogP contribution in [-0.2, 0) is 5.41 Å². The van der Waals surface area contributed by atoms with E-state index in [4.69, 9.17) is 0 Å². The molecule has 3 heteroatoms. The summed E-state index contributed by atoms with van der Waals surface area (Å²) >= 11 is 0. The van der Waals surface area contributed by atoms with E-state index in [2.05, 4.69) is 134 Å². The fourth-order valence-corrected chi connectivity index (χ4v) is 8.87. The van der Waals surface area contributed by atoms with Gasteiger partial charge in [0.1, 0.15) is 0 Å². The Balaban J connectivity index is 1.07. The number of fused-ring (bicyclic) bond motifs is 5. The second-order valence-electron chi connectivity index (χ2n) is 15.2. The summed E-state index contributed by atoms with van der Waals surface area (Å²) in [5.41, 5.74) is 13.1. The quantitative estimate of drug-likeness (QED) is 0.133. The van der Waals surface area contributed by atoms with Gasteiger partial charge in [-0.05, 0) is 122 Å². The maximum Gasteiger partial charge on any atom is 0.197 e. The fourth-order valence-electron chi connectivity index (χ4n) is 8.87. The molecule has 258 valence electrons. The molecule has 0 aliphatic heterocycles. The van der Waals surface area contributed by atoms with Gasteiger partial charge in [0.25, 0.3) is 0 Å². The number of carbonyl (C=O) groups is 2. The number of rotatable bonds is 5. The molecule has 54 heavy (non-hydrogen) atoms. The van der Waals surface area contributed by atoms with Crippen molar-refractivity contribution < 1.29 is 9.59 Å². The Hall–Kier alpha value is -6.58. The number of hydrogen-bond acceptors (Lipinski definition) is 3. The van der Waals surface area contributed by atoms with Gasteiger partial charge in [-0.3, -0.25) is 9.59 Å². The highest BCUT2D eigenvalue weighted by molar-refractivity contribution is 6.42. The Morgan fingerprint density at radius 1 is 0.574 bits per heavy atom. The van der Waals surface area contributed by atoms with Crippen molar-refractivity contribution in [1.82, 2.24) is 0 Å². The number of ketones is 2. The van der Waals surface area contributed by atoms with Crippen molar-refractivity contribution in [2.24, 2.45) is 0 Å². The number of nitrogens with zero attached hydrogens (tertiary/aromatic N) is 1. The number of allylic oxidation sites excluding steroid dienone is 5. The maximum absolute atomic E-state index is 13.5. The van der Waals surface area contributed by atoms with Crippen LogP contribution in [0.25, 0.3) is 44.3 Å². The molecule has 0 saturated heterocycles. The molecule has 0 bridgehead atoms. The minimum Gasteiger partial charge on any atom is -0.310 e. The summed E-state index contributed by atoms with van der Waals surface area (Å²) in [5.74, 6) is -0.429. The molecule has 0 saturated carbocycles. The zero-order valence-electron chi connectivity index (χ0n) is 30.3. The number of anilines is 3. The molecule has 0 spiro atoms. The van der Waals surface area contributed by atoms with Crippen LogP contribution < -0.4 is 4.90 Å². The Kier molecular flexibility index (Phi) is 7.28. The second kappa shape index (κ2) is 12.2. The molecule has 0 atom stereocenters. The number of para-hydroxylation sites is 1. The smallest absolute Gasteiger partial charge is 0.197 e. The molecule has 0 heterocycles. The zero-order chi connectivity index (χ0) is 36.6. The molecule has 10 rings (SSSR count). The summed E-state index contributed by atoms with van der Waals surface area (Å²) < 4.78 is 0. The third kappa shape index (κ3) is 5.03. The first-order valence-corrected chi connectivity index (χ1v) is 18.7. The van der Waals surface area contributed by atoms with E-state index in [0.717, 1.165) is 68.1 Å². The van der Waals surface area contributed by atoms with Crippen LogP contribution in [0, 0.1) is 0 Å². The third-order valence-electron chi connectivity index (χ3n) is 11.6. The molecule has 0 N–H and O–H groups in total. The van der Waals surface area contributed by atoms with Gasteiger partial charge in [0.05, 0.1) is 11.3 Å². The zero-order valence-corrected chi connectivity index (χ0v) is 30.3. The Labute approximate surface area is 315 Å². The standard InChI is InChI=1S/C51H37NO2/c1-51(2)46-18-10-8-17-41(46)42-25-24-39(31-47(42)51)52(48-19-11-9-16-40(48)33-12-4-3-5-13-33)38-23-22-36-26-32(20-21-37(36)28-38)27-45-49(53)43-29-34-14-6-7-15-35(34)30-44(43)50(45)54/h3-7,9-16,18-31H,8,17H2,1-2H3. The maximum atomic E-state index is 13.5. The van der Waals surface area contributed by atoms with Gasteiger partial charge in [0, 0.05) is 33.5 Å². The molecular weight excluding hydrogens is 659 g/mol. The van der Waals surface area contributed by atoms with Crippen molar-refractivity contribution in [3.63, 3.8) is 0 Å². The highest BCUT2D eigenvalue weighted by Gasteiger charge is 2.38. The minimum absolute atomic E-state index is 0.0898. The monoisotopic (exact) mass is 695 g/mol. The summed E-state index contributed by atoms with van der Waals surface area (Å²) in [6, 6.07) is 50.5. The van der Waals surface area contributed by atoms with Gasteiger partial charge < -0.3 is 4.90 Å². The Morgan fingerprint density at radius 3 is 1.98 bits per heavy atom. The van der Waals surface area contributed by atoms with Crippen molar-refractivity contribution in [2.45, 2.75) is 32.1 Å². The van der Waals surface area contributed by atoms with Crippen molar-refractivity contribution in [3.8, 4) is 11.1 Å². The van der Waals surface area contributed by atoms with E-state index >= 15 is 0 Å². The predicted octanol–water partition coefficient (Wildman–Crippen LogP) is 13.0. The lowest BCUT2D eigenvalue weighted by atomic mass is 9.80. The van der Waals surface area contributed by atoms with Crippen molar-refractivity contribution in [3.05, 3.63) is 197 Å². The van der Waals surface area contributed by atoms with Crippen LogP contribution in [0.15, 0.2) is 169 Å². The molecule has 7 aromatic rings. The molecule has 0 amide bonds. The van der Waals surface area contributed by atoms with Gasteiger partial charge in [-0.15, -0.1) is 0 Å². The molecule has 3 aliphatic rings. The third-order valence-corrected chi connectivity index (χ3v) is 11.6. The summed E-state index contributed by atoms with van der Waals surface area (Å²) in [7, 11) is 0. The van der Waals surface area contributed by atoms with Crippen molar-refractivity contribution in [1.29, 1.82) is 0 Å². The van der Waals surface area contributed by atoms with E-state index < -0.39 is 0 Å². The lowest BCUT2D eigenvalue weighted by Crippen LogP contribution is -2.18. The molecule has 7 aromatic carbocycles. The fraction of sp³-hybridized carbons (Fsp3) is 0.0980. The molecular formula is C51H37NO2. The van der Waals surface area contributed by atoms with E-state index in [1.807, 2.05) is 42.5 Å². The van der Waals surface area contributed by atoms with Gasteiger partial charge in [0.15, 0.2) is 11.6 Å². The summed E-state index contributed by atoms with van der Waals surface area (Å²) in [6.45, 7) is 4.71. The Bertz CT molecular complexity index is 2780. The van der Waals surface area contributed by atoms with E-state index in [0.29, 0.717) is 11.1 Å². The van der Waals surface area contributed by atoms with Gasteiger partial charge in [-0.1, -0.05) is 123 Å². The SMILES string of the molecule is CC1(C)C2=C(CCC=C2)c2ccc(N(c3ccc4cc(C=C5C(=O)c6cc7ccccc7cc6C5=O)ccc4c3)c3ccccc3-c3ccccc3)cc21. The lowest BCUT2D eigenvalue weighted by molar-refractivity contribution is 0.0990. The second-order valence-corrected chi connectivity index (χ2v) is 15.2. The molecule has 3 nitrogen and oxygen atoms in total. The van der Waals surface area contributed by atoms with Gasteiger partial charge in [-0.25, -0.2) is 0 Å². The first-order chi connectivity index (χ1) is 26.3. The van der Waals surface area contributed by atoms with Crippen LogP contribution in [0.3, 0.4) is 0 Å². The summed E-state index contributed by atoms with van der Waals surface area (Å²) in [6.07, 6.45) is 8.57. The van der Waals surface area contributed by atoms with Crippen LogP contribution >= 0.6 is 0 Å². The van der Waals surface area contributed by atoms with E-state index in [9.17, 15) is 9.59 Å². The molecule has 0 fully saturated rings. The molecule has 0 aromatic heterocycles. The average Bonchev–Trinajstić information content (AvgIpc) is 3.58. The lowest BCUT2D eigenvalue weighted by Gasteiger charge is -2.30. The van der Waals surface area contributed by atoms with E-state index in [-0.39, 0.29) is 22.6 Å². The highest BCUT2D eigenvalue weighted by atomic mass is 16.2. The minimum atomic E-state index is -0.214. The first-order valence-electron chi connectivity index (χ1n) is 18.7. The number of benzene rings is 7. The molecule has 3 aliphatic carbocycles. The first kappa shape index (κ1) is 32.1. The van der Waals surface area contributed by atoms with Crippen LogP contribution in [0.1, 0.15) is 64.1 Å². The number of Topliss-reactive ketones (excluding diaryl/α,β-unsaturated/α-hetero) is 2.